The number of methoxy groups -OCH3 is 1. The lowest BCUT2D eigenvalue weighted by Crippen LogP contribution is -2.23. The van der Waals surface area contributed by atoms with Crippen molar-refractivity contribution in [3.05, 3.63) is 82.1 Å². The summed E-state index contributed by atoms with van der Waals surface area (Å²) in [5, 5.41) is 12.2. The van der Waals surface area contributed by atoms with Crippen LogP contribution >= 0.6 is 11.6 Å². The van der Waals surface area contributed by atoms with E-state index in [9.17, 15) is 19.1 Å². The standard InChI is InChI=1S/C25H23ClFNO5/c1-3-11-33-17-8-9-19(21(26)13-17)24(29)28-14-16-12-15(7-10-22(16)32-2)18-5-4-6-20(23(18)27)25(30)31/h4-10,12-13H,3,11,14H2,1-2H3,(H,28,29)(H,30,31). The number of halogens is 2. The zero-order valence-corrected chi connectivity index (χ0v) is 18.9. The minimum Gasteiger partial charge on any atom is -0.496 e. The van der Waals surface area contributed by atoms with Crippen LogP contribution in [0.1, 0.15) is 39.6 Å². The van der Waals surface area contributed by atoms with Gasteiger partial charge in [0.1, 0.15) is 17.3 Å². The molecule has 33 heavy (non-hydrogen) atoms. The number of ether oxygens (including phenoxy) is 2. The smallest absolute Gasteiger partial charge is 0.338 e. The summed E-state index contributed by atoms with van der Waals surface area (Å²) >= 11 is 6.25. The second-order valence-electron chi connectivity index (χ2n) is 7.17. The molecule has 0 saturated heterocycles. The Balaban J connectivity index is 1.82. The van der Waals surface area contributed by atoms with E-state index < -0.39 is 23.3 Å². The highest BCUT2D eigenvalue weighted by Gasteiger charge is 2.17. The highest BCUT2D eigenvalue weighted by molar-refractivity contribution is 6.34. The maximum absolute atomic E-state index is 14.7. The van der Waals surface area contributed by atoms with Crippen LogP contribution in [-0.2, 0) is 6.54 Å². The van der Waals surface area contributed by atoms with E-state index in [0.717, 1.165) is 6.42 Å². The number of hydrogen-bond acceptors (Lipinski definition) is 4. The molecular formula is C25H23ClFNO5. The summed E-state index contributed by atoms with van der Waals surface area (Å²) in [6.45, 7) is 2.62. The molecule has 0 aromatic heterocycles. The van der Waals surface area contributed by atoms with Gasteiger partial charge in [-0.15, -0.1) is 0 Å². The molecule has 0 bridgehead atoms. The first-order valence-electron chi connectivity index (χ1n) is 10.2. The molecule has 0 aliphatic rings. The fraction of sp³-hybridized carbons (Fsp3) is 0.200. The van der Waals surface area contributed by atoms with Crippen molar-refractivity contribution in [2.24, 2.45) is 0 Å². The zero-order chi connectivity index (χ0) is 24.0. The van der Waals surface area contributed by atoms with Gasteiger partial charge < -0.3 is 19.9 Å². The first kappa shape index (κ1) is 24.1. The van der Waals surface area contributed by atoms with E-state index in [1.165, 1.54) is 25.3 Å². The van der Waals surface area contributed by atoms with Gasteiger partial charge in [-0.25, -0.2) is 9.18 Å². The third-order valence-electron chi connectivity index (χ3n) is 4.92. The van der Waals surface area contributed by atoms with Gasteiger partial charge in [0.15, 0.2) is 0 Å². The number of benzene rings is 3. The molecule has 0 radical (unpaired) electrons. The maximum Gasteiger partial charge on any atom is 0.338 e. The lowest BCUT2D eigenvalue weighted by Gasteiger charge is -2.14. The normalized spacial score (nSPS) is 10.5. The molecule has 0 heterocycles. The predicted octanol–water partition coefficient (Wildman–Crippen LogP) is 5.57. The number of carboxylic acids is 1. The molecule has 0 saturated carbocycles. The van der Waals surface area contributed by atoms with Crippen molar-refractivity contribution in [1.29, 1.82) is 0 Å². The van der Waals surface area contributed by atoms with Crippen molar-refractivity contribution >= 4 is 23.5 Å². The lowest BCUT2D eigenvalue weighted by atomic mass is 9.99. The summed E-state index contributed by atoms with van der Waals surface area (Å²) in [4.78, 5) is 23.9. The van der Waals surface area contributed by atoms with Crippen molar-refractivity contribution in [1.82, 2.24) is 5.32 Å². The summed E-state index contributed by atoms with van der Waals surface area (Å²) in [6.07, 6.45) is 0.852. The third-order valence-corrected chi connectivity index (χ3v) is 5.23. The number of carbonyl (C=O) groups excluding carboxylic acids is 1. The molecule has 0 fully saturated rings. The Kier molecular flexibility index (Phi) is 7.90. The van der Waals surface area contributed by atoms with Gasteiger partial charge in [0, 0.05) is 17.7 Å². The van der Waals surface area contributed by atoms with E-state index in [-0.39, 0.29) is 22.7 Å². The fourth-order valence-electron chi connectivity index (χ4n) is 3.26. The van der Waals surface area contributed by atoms with E-state index in [1.54, 1.807) is 36.4 Å². The van der Waals surface area contributed by atoms with E-state index >= 15 is 0 Å². The number of hydrogen-bond donors (Lipinski definition) is 2. The Morgan fingerprint density at radius 1 is 1.09 bits per heavy atom. The van der Waals surface area contributed by atoms with Gasteiger partial charge in [0.05, 0.1) is 29.9 Å². The molecule has 0 atom stereocenters. The summed E-state index contributed by atoms with van der Waals surface area (Å²) in [7, 11) is 1.48. The van der Waals surface area contributed by atoms with Crippen molar-refractivity contribution in [2.45, 2.75) is 19.9 Å². The maximum atomic E-state index is 14.7. The molecule has 0 spiro atoms. The molecule has 6 nitrogen and oxygen atoms in total. The van der Waals surface area contributed by atoms with Gasteiger partial charge >= 0.3 is 5.97 Å². The number of amides is 1. The monoisotopic (exact) mass is 471 g/mol. The molecule has 0 aliphatic carbocycles. The molecular weight excluding hydrogens is 449 g/mol. The molecule has 0 unspecified atom stereocenters. The summed E-state index contributed by atoms with van der Waals surface area (Å²) < 4.78 is 25.6. The molecule has 2 N–H and O–H groups in total. The Labute approximate surface area is 195 Å². The first-order valence-corrected chi connectivity index (χ1v) is 10.6. The van der Waals surface area contributed by atoms with Crippen molar-refractivity contribution in [3.63, 3.8) is 0 Å². The van der Waals surface area contributed by atoms with E-state index in [4.69, 9.17) is 21.1 Å². The first-order chi connectivity index (χ1) is 15.8. The van der Waals surface area contributed by atoms with Crippen LogP contribution in [0.25, 0.3) is 11.1 Å². The van der Waals surface area contributed by atoms with Gasteiger partial charge in [0.25, 0.3) is 5.91 Å². The quantitative estimate of drug-likeness (QED) is 0.426. The average Bonchev–Trinajstić information content (AvgIpc) is 2.81. The molecule has 3 aromatic rings. The highest BCUT2D eigenvalue weighted by atomic mass is 35.5. The molecule has 3 rings (SSSR count). The predicted molar refractivity (Wildman–Crippen MR) is 124 cm³/mol. The van der Waals surface area contributed by atoms with Crippen LogP contribution in [0, 0.1) is 5.82 Å². The number of rotatable bonds is 9. The van der Waals surface area contributed by atoms with Crippen LogP contribution in [0.4, 0.5) is 4.39 Å². The molecule has 8 heteroatoms. The van der Waals surface area contributed by atoms with Gasteiger partial charge in [0.2, 0.25) is 0 Å². The summed E-state index contributed by atoms with van der Waals surface area (Å²) in [5.74, 6) is -1.50. The minimum absolute atomic E-state index is 0.0838. The summed E-state index contributed by atoms with van der Waals surface area (Å²) in [6, 6.07) is 13.9. The second kappa shape index (κ2) is 10.8. The zero-order valence-electron chi connectivity index (χ0n) is 18.2. The van der Waals surface area contributed by atoms with Gasteiger partial charge in [-0.05, 0) is 48.4 Å². The van der Waals surface area contributed by atoms with Crippen LogP contribution in [0.15, 0.2) is 54.6 Å². The largest absolute Gasteiger partial charge is 0.496 e. The van der Waals surface area contributed by atoms with Crippen molar-refractivity contribution < 1.29 is 28.6 Å². The van der Waals surface area contributed by atoms with Crippen LogP contribution in [0.3, 0.4) is 0 Å². The Bertz CT molecular complexity index is 1180. The summed E-state index contributed by atoms with van der Waals surface area (Å²) in [5.41, 5.74) is 1.05. The topological polar surface area (TPSA) is 84.9 Å². The van der Waals surface area contributed by atoms with E-state index in [1.807, 2.05) is 6.92 Å². The molecule has 3 aromatic carbocycles. The molecule has 172 valence electrons. The average molecular weight is 472 g/mol. The van der Waals surface area contributed by atoms with Gasteiger partial charge in [-0.1, -0.05) is 36.7 Å². The third kappa shape index (κ3) is 5.62. The van der Waals surface area contributed by atoms with Crippen LogP contribution in [-0.4, -0.2) is 30.7 Å². The number of aromatic carboxylic acids is 1. The molecule has 1 amide bonds. The Morgan fingerprint density at radius 3 is 2.55 bits per heavy atom. The Morgan fingerprint density at radius 2 is 1.88 bits per heavy atom. The SMILES string of the molecule is CCCOc1ccc(C(=O)NCc2cc(-c3cccc(C(=O)O)c3F)ccc2OC)c(Cl)c1. The van der Waals surface area contributed by atoms with Crippen molar-refractivity contribution in [3.8, 4) is 22.6 Å². The van der Waals surface area contributed by atoms with E-state index in [2.05, 4.69) is 5.32 Å². The van der Waals surface area contributed by atoms with Crippen molar-refractivity contribution in [2.75, 3.05) is 13.7 Å². The van der Waals surface area contributed by atoms with Crippen LogP contribution < -0.4 is 14.8 Å². The lowest BCUT2D eigenvalue weighted by molar-refractivity contribution is 0.0691. The van der Waals surface area contributed by atoms with Crippen LogP contribution in [0.2, 0.25) is 5.02 Å². The fourth-order valence-corrected chi connectivity index (χ4v) is 3.52. The van der Waals surface area contributed by atoms with Gasteiger partial charge in [-0.2, -0.15) is 0 Å². The van der Waals surface area contributed by atoms with E-state index in [0.29, 0.717) is 29.2 Å². The van der Waals surface area contributed by atoms with Crippen LogP contribution in [0.5, 0.6) is 11.5 Å². The molecule has 0 aliphatic heterocycles. The van der Waals surface area contributed by atoms with Gasteiger partial charge in [-0.3, -0.25) is 4.79 Å². The number of carboxylic acid groups (broad SMARTS) is 1. The second-order valence-corrected chi connectivity index (χ2v) is 7.58. The highest BCUT2D eigenvalue weighted by Crippen LogP contribution is 2.30. The Hall–Kier alpha value is -3.58. The number of carbonyl (C=O) groups is 2. The number of nitrogens with one attached hydrogen (secondary N) is 1. The minimum atomic E-state index is -1.35.